The van der Waals surface area contributed by atoms with Gasteiger partial charge in [-0.3, -0.25) is 4.68 Å². The summed E-state index contributed by atoms with van der Waals surface area (Å²) >= 11 is 1.75. The van der Waals surface area contributed by atoms with E-state index in [1.807, 2.05) is 7.05 Å². The molecule has 3 nitrogen and oxygen atoms in total. The van der Waals surface area contributed by atoms with Gasteiger partial charge in [0.2, 0.25) is 0 Å². The van der Waals surface area contributed by atoms with Crippen LogP contribution in [0.4, 0.5) is 5.82 Å². The molecule has 1 aromatic carbocycles. The Morgan fingerprint density at radius 3 is 2.74 bits per heavy atom. The second-order valence-corrected chi connectivity index (χ2v) is 5.98. The molecule has 0 aliphatic rings. The lowest BCUT2D eigenvalue weighted by molar-refractivity contribution is 0.780. The first-order valence-corrected chi connectivity index (χ1v) is 7.26. The summed E-state index contributed by atoms with van der Waals surface area (Å²) in [5.41, 5.74) is 9.51. The van der Waals surface area contributed by atoms with E-state index in [9.17, 15) is 0 Å². The molecule has 98 valence electrons. The summed E-state index contributed by atoms with van der Waals surface area (Å²) in [6, 6.07) is 8.43. The van der Waals surface area contributed by atoms with E-state index in [0.717, 1.165) is 17.1 Å². The topological polar surface area (TPSA) is 43.8 Å². The molecule has 0 saturated carbocycles. The van der Waals surface area contributed by atoms with Crippen molar-refractivity contribution in [2.75, 3.05) is 5.73 Å². The van der Waals surface area contributed by atoms with Gasteiger partial charge in [-0.2, -0.15) is 5.10 Å². The van der Waals surface area contributed by atoms with Crippen LogP contribution in [0.1, 0.15) is 25.3 Å². The summed E-state index contributed by atoms with van der Waals surface area (Å²) in [5, 5.41) is 8.06. The molecule has 0 atom stereocenters. The van der Waals surface area contributed by atoms with Gasteiger partial charge in [0, 0.05) is 33.6 Å². The molecule has 0 unspecified atom stereocenters. The number of hydrogen-bond acceptors (Lipinski definition) is 3. The fourth-order valence-corrected chi connectivity index (χ4v) is 3.43. The van der Waals surface area contributed by atoms with Crippen LogP contribution in [0.2, 0.25) is 0 Å². The van der Waals surface area contributed by atoms with Crippen LogP contribution >= 0.6 is 11.3 Å². The number of rotatable bonds is 2. The van der Waals surface area contributed by atoms with Crippen LogP contribution < -0.4 is 5.73 Å². The second kappa shape index (κ2) is 4.38. The third-order valence-electron chi connectivity index (χ3n) is 3.44. The summed E-state index contributed by atoms with van der Waals surface area (Å²) in [4.78, 5) is 0. The maximum atomic E-state index is 6.16. The van der Waals surface area contributed by atoms with Crippen LogP contribution in [0.25, 0.3) is 21.3 Å². The van der Waals surface area contributed by atoms with Crippen molar-refractivity contribution in [2.24, 2.45) is 7.05 Å². The van der Waals surface area contributed by atoms with Gasteiger partial charge in [0.1, 0.15) is 5.82 Å². The minimum Gasteiger partial charge on any atom is -0.384 e. The number of nitrogens with two attached hydrogens (primary N) is 1. The Balaban J connectivity index is 2.30. The maximum absolute atomic E-state index is 6.16. The lowest BCUT2D eigenvalue weighted by atomic mass is 9.98. The van der Waals surface area contributed by atoms with Gasteiger partial charge >= 0.3 is 0 Å². The number of aryl methyl sites for hydroxylation is 1. The Bertz CT molecular complexity index is 737. The van der Waals surface area contributed by atoms with Crippen LogP contribution in [-0.2, 0) is 7.05 Å². The third-order valence-corrected chi connectivity index (χ3v) is 4.41. The number of nitrogens with zero attached hydrogens (tertiary/aromatic N) is 2. The van der Waals surface area contributed by atoms with Crippen molar-refractivity contribution in [1.82, 2.24) is 9.78 Å². The molecule has 2 N–H and O–H groups in total. The Kier molecular flexibility index (Phi) is 2.82. The molecule has 19 heavy (non-hydrogen) atoms. The molecule has 2 heterocycles. The fourth-order valence-electron chi connectivity index (χ4n) is 2.48. The van der Waals surface area contributed by atoms with Crippen LogP contribution in [0.15, 0.2) is 29.6 Å². The van der Waals surface area contributed by atoms with Gasteiger partial charge in [-0.1, -0.05) is 32.0 Å². The number of thiophene rings is 1. The van der Waals surface area contributed by atoms with Crippen molar-refractivity contribution < 1.29 is 0 Å². The predicted octanol–water partition coefficient (Wildman–Crippen LogP) is 4.01. The zero-order chi connectivity index (χ0) is 13.6. The number of anilines is 1. The Morgan fingerprint density at radius 1 is 1.26 bits per heavy atom. The van der Waals surface area contributed by atoms with E-state index >= 15 is 0 Å². The zero-order valence-electron chi connectivity index (χ0n) is 11.3. The van der Waals surface area contributed by atoms with Gasteiger partial charge in [0.25, 0.3) is 0 Å². The standard InChI is InChI=1S/C15H17N3S/c1-9(2)13-14(17-18(3)15(13)16)11-8-19-12-7-5-4-6-10(11)12/h4-9H,16H2,1-3H3. The SMILES string of the molecule is CC(C)c1c(-c2csc3ccccc23)nn(C)c1N. The molecule has 0 bridgehead atoms. The van der Waals surface area contributed by atoms with Crippen LogP contribution in [0.5, 0.6) is 0 Å². The summed E-state index contributed by atoms with van der Waals surface area (Å²) in [7, 11) is 1.90. The van der Waals surface area contributed by atoms with E-state index in [4.69, 9.17) is 5.73 Å². The van der Waals surface area contributed by atoms with Gasteiger partial charge in [-0.15, -0.1) is 11.3 Å². The van der Waals surface area contributed by atoms with E-state index in [2.05, 4.69) is 48.6 Å². The van der Waals surface area contributed by atoms with E-state index in [1.54, 1.807) is 16.0 Å². The lowest BCUT2D eigenvalue weighted by Gasteiger charge is -2.06. The van der Waals surface area contributed by atoms with Gasteiger partial charge in [-0.25, -0.2) is 0 Å². The number of hydrogen-bond donors (Lipinski definition) is 1. The first-order chi connectivity index (χ1) is 9.09. The number of benzene rings is 1. The minimum absolute atomic E-state index is 0.363. The zero-order valence-corrected chi connectivity index (χ0v) is 12.2. The van der Waals surface area contributed by atoms with Gasteiger partial charge < -0.3 is 5.73 Å². The quantitative estimate of drug-likeness (QED) is 0.765. The lowest BCUT2D eigenvalue weighted by Crippen LogP contribution is -2.00. The molecule has 0 aliphatic heterocycles. The van der Waals surface area contributed by atoms with Crippen LogP contribution in [-0.4, -0.2) is 9.78 Å². The normalized spacial score (nSPS) is 11.6. The van der Waals surface area contributed by atoms with E-state index in [-0.39, 0.29) is 0 Å². The van der Waals surface area contributed by atoms with Crippen LogP contribution in [0.3, 0.4) is 0 Å². The molecule has 0 saturated heterocycles. The molecule has 0 fully saturated rings. The van der Waals surface area contributed by atoms with Crippen molar-refractivity contribution >= 4 is 27.2 Å². The average Bonchev–Trinajstić information content (AvgIpc) is 2.92. The Labute approximate surface area is 116 Å². The van der Waals surface area contributed by atoms with Crippen molar-refractivity contribution in [1.29, 1.82) is 0 Å². The highest BCUT2D eigenvalue weighted by Gasteiger charge is 2.20. The van der Waals surface area contributed by atoms with Gasteiger partial charge in [0.05, 0.1) is 5.69 Å². The third kappa shape index (κ3) is 1.83. The molecular formula is C15H17N3S. The molecule has 3 aromatic rings. The molecular weight excluding hydrogens is 254 g/mol. The smallest absolute Gasteiger partial charge is 0.125 e. The molecule has 3 rings (SSSR count). The van der Waals surface area contributed by atoms with Crippen molar-refractivity contribution in [3.05, 3.63) is 35.2 Å². The second-order valence-electron chi connectivity index (χ2n) is 5.07. The molecule has 2 aromatic heterocycles. The van der Waals surface area contributed by atoms with Crippen molar-refractivity contribution in [2.45, 2.75) is 19.8 Å². The van der Waals surface area contributed by atoms with E-state index < -0.39 is 0 Å². The van der Waals surface area contributed by atoms with Crippen molar-refractivity contribution in [3.63, 3.8) is 0 Å². The number of nitrogen functional groups attached to an aromatic ring is 1. The Hall–Kier alpha value is -1.81. The highest BCUT2D eigenvalue weighted by atomic mass is 32.1. The highest BCUT2D eigenvalue weighted by molar-refractivity contribution is 7.17. The van der Waals surface area contributed by atoms with Gasteiger partial charge in [0.15, 0.2) is 0 Å². The molecule has 4 heteroatoms. The minimum atomic E-state index is 0.363. The summed E-state index contributed by atoms with van der Waals surface area (Å²) in [6.45, 7) is 4.32. The summed E-state index contributed by atoms with van der Waals surface area (Å²) in [6.07, 6.45) is 0. The largest absolute Gasteiger partial charge is 0.384 e. The maximum Gasteiger partial charge on any atom is 0.125 e. The first kappa shape index (κ1) is 12.2. The monoisotopic (exact) mass is 271 g/mol. The number of aromatic nitrogens is 2. The average molecular weight is 271 g/mol. The summed E-state index contributed by atoms with van der Waals surface area (Å²) in [5.74, 6) is 1.13. The van der Waals surface area contributed by atoms with Crippen molar-refractivity contribution in [3.8, 4) is 11.3 Å². The number of fused-ring (bicyclic) bond motifs is 1. The first-order valence-electron chi connectivity index (χ1n) is 6.38. The highest BCUT2D eigenvalue weighted by Crippen LogP contribution is 2.38. The molecule has 0 spiro atoms. The molecule has 0 amide bonds. The van der Waals surface area contributed by atoms with Gasteiger partial charge in [-0.05, 0) is 12.0 Å². The predicted molar refractivity (Wildman–Crippen MR) is 82.5 cm³/mol. The van der Waals surface area contributed by atoms with Crippen LogP contribution in [0, 0.1) is 0 Å². The van der Waals surface area contributed by atoms with E-state index in [1.165, 1.54) is 15.6 Å². The fraction of sp³-hybridized carbons (Fsp3) is 0.267. The Morgan fingerprint density at radius 2 is 2.00 bits per heavy atom. The molecule has 0 aliphatic carbocycles. The summed E-state index contributed by atoms with van der Waals surface area (Å²) < 4.78 is 3.06. The van der Waals surface area contributed by atoms with E-state index in [0.29, 0.717) is 5.92 Å². The molecule has 0 radical (unpaired) electrons.